The summed E-state index contributed by atoms with van der Waals surface area (Å²) in [5, 5.41) is 10.7. The number of carbonyl (C=O) groups excluding carboxylic acids is 1. The maximum atomic E-state index is 13.3. The Bertz CT molecular complexity index is 1020. The maximum absolute atomic E-state index is 13.3. The van der Waals surface area contributed by atoms with Crippen LogP contribution in [0.1, 0.15) is 40.1 Å². The van der Waals surface area contributed by atoms with Crippen LogP contribution in [0.25, 0.3) is 5.65 Å². The van der Waals surface area contributed by atoms with Gasteiger partial charge >= 0.3 is 6.18 Å². The highest BCUT2D eigenvalue weighted by Crippen LogP contribution is 2.32. The fraction of sp³-hybridized carbons (Fsp3) is 0.375. The Morgan fingerprint density at radius 2 is 2.04 bits per heavy atom. The van der Waals surface area contributed by atoms with Crippen LogP contribution in [0, 0.1) is 13.8 Å². The van der Waals surface area contributed by atoms with Gasteiger partial charge in [0.05, 0.1) is 10.7 Å². The van der Waals surface area contributed by atoms with Crippen LogP contribution in [0.5, 0.6) is 0 Å². The predicted molar refractivity (Wildman–Crippen MR) is 94.2 cm³/mol. The van der Waals surface area contributed by atoms with Gasteiger partial charge in [-0.3, -0.25) is 9.48 Å². The van der Waals surface area contributed by atoms with Crippen LogP contribution in [0.15, 0.2) is 16.7 Å². The van der Waals surface area contributed by atoms with Crippen molar-refractivity contribution in [3.63, 3.8) is 0 Å². The van der Waals surface area contributed by atoms with Gasteiger partial charge in [-0.25, -0.2) is 9.50 Å². The lowest BCUT2D eigenvalue weighted by Crippen LogP contribution is -2.24. The average Bonchev–Trinajstić information content (AvgIpc) is 3.11. The van der Waals surface area contributed by atoms with Gasteiger partial charge in [0, 0.05) is 30.0 Å². The van der Waals surface area contributed by atoms with Crippen LogP contribution in [-0.4, -0.2) is 30.3 Å². The zero-order valence-electron chi connectivity index (χ0n) is 14.7. The van der Waals surface area contributed by atoms with Gasteiger partial charge in [0.1, 0.15) is 5.69 Å². The zero-order valence-corrected chi connectivity index (χ0v) is 16.3. The molecule has 144 valence electrons. The Morgan fingerprint density at radius 1 is 1.33 bits per heavy atom. The van der Waals surface area contributed by atoms with Crippen molar-refractivity contribution in [2.75, 3.05) is 0 Å². The fourth-order valence-corrected chi connectivity index (χ4v) is 3.21. The summed E-state index contributed by atoms with van der Waals surface area (Å²) in [6.07, 6.45) is -2.98. The second-order valence-electron chi connectivity index (χ2n) is 5.93. The van der Waals surface area contributed by atoms with Gasteiger partial charge < -0.3 is 5.32 Å². The molecule has 11 heteroatoms. The van der Waals surface area contributed by atoms with Crippen molar-refractivity contribution in [1.29, 1.82) is 0 Å². The van der Waals surface area contributed by atoms with E-state index in [-0.39, 0.29) is 28.1 Å². The van der Waals surface area contributed by atoms with Crippen molar-refractivity contribution in [3.8, 4) is 0 Å². The third kappa shape index (κ3) is 3.55. The number of nitrogens with zero attached hydrogens (tertiary/aromatic N) is 5. The summed E-state index contributed by atoms with van der Waals surface area (Å²) in [6.45, 7) is 6.15. The topological polar surface area (TPSA) is 77.1 Å². The van der Waals surface area contributed by atoms with E-state index in [2.05, 4.69) is 36.4 Å². The summed E-state index contributed by atoms with van der Waals surface area (Å²) >= 11 is 3.15. The highest BCUT2D eigenvalue weighted by molar-refractivity contribution is 9.10. The minimum Gasteiger partial charge on any atom is -0.346 e. The molecule has 1 N–H and O–H groups in total. The Kier molecular flexibility index (Phi) is 4.98. The number of amides is 1. The van der Waals surface area contributed by atoms with Crippen molar-refractivity contribution in [2.45, 2.75) is 40.0 Å². The summed E-state index contributed by atoms with van der Waals surface area (Å²) in [5.74, 6) is -0.609. The molecular formula is C16H16BrF3N6O. The first kappa shape index (κ1) is 19.3. The number of rotatable bonds is 4. The molecule has 0 bridgehead atoms. The van der Waals surface area contributed by atoms with E-state index in [1.165, 1.54) is 6.92 Å². The molecule has 1 amide bonds. The third-order valence-corrected chi connectivity index (χ3v) is 4.84. The van der Waals surface area contributed by atoms with Gasteiger partial charge in [-0.15, -0.1) is 0 Å². The fourth-order valence-electron chi connectivity index (χ4n) is 2.70. The molecule has 0 aromatic carbocycles. The van der Waals surface area contributed by atoms with Crippen molar-refractivity contribution >= 4 is 27.5 Å². The lowest BCUT2D eigenvalue weighted by molar-refractivity contribution is -0.142. The summed E-state index contributed by atoms with van der Waals surface area (Å²) in [7, 11) is 0. The number of nitrogens with one attached hydrogen (secondary N) is 1. The monoisotopic (exact) mass is 444 g/mol. The smallest absolute Gasteiger partial charge is 0.346 e. The molecule has 0 saturated carbocycles. The largest absolute Gasteiger partial charge is 0.433 e. The number of halogens is 4. The zero-order chi connectivity index (χ0) is 19.9. The third-order valence-electron chi connectivity index (χ3n) is 4.11. The van der Waals surface area contributed by atoms with Gasteiger partial charge in [-0.05, 0) is 42.8 Å². The van der Waals surface area contributed by atoms with E-state index in [4.69, 9.17) is 0 Å². The number of hydrogen-bond acceptors (Lipinski definition) is 4. The highest BCUT2D eigenvalue weighted by Gasteiger charge is 2.36. The van der Waals surface area contributed by atoms with E-state index in [9.17, 15) is 18.0 Å². The van der Waals surface area contributed by atoms with Crippen LogP contribution >= 0.6 is 15.9 Å². The second-order valence-corrected chi connectivity index (χ2v) is 6.73. The Hall–Kier alpha value is -2.43. The molecular weight excluding hydrogens is 429 g/mol. The minimum absolute atomic E-state index is 0.0672. The summed E-state index contributed by atoms with van der Waals surface area (Å²) in [6, 6.07) is 0.886. The van der Waals surface area contributed by atoms with Crippen molar-refractivity contribution in [3.05, 3.63) is 45.1 Å². The predicted octanol–water partition coefficient (Wildman–Crippen LogP) is 3.27. The molecule has 0 atom stereocenters. The molecule has 0 spiro atoms. The first-order valence-electron chi connectivity index (χ1n) is 8.06. The highest BCUT2D eigenvalue weighted by atomic mass is 79.9. The molecule has 7 nitrogen and oxygen atoms in total. The molecule has 0 unspecified atom stereocenters. The SMILES string of the molecule is CCn1ncc(CNC(=O)c2nn3c(C(F)(F)F)cc(C)nc3c2Br)c1C. The lowest BCUT2D eigenvalue weighted by atomic mass is 10.2. The molecule has 0 aliphatic heterocycles. The summed E-state index contributed by atoms with van der Waals surface area (Å²) in [4.78, 5) is 16.5. The van der Waals surface area contributed by atoms with Crippen LogP contribution in [0.2, 0.25) is 0 Å². The standard InChI is InChI=1S/C16H16BrF3N6O/c1-4-25-9(3)10(7-22-25)6-21-15(27)13-12(17)14-23-8(2)5-11(16(18,19)20)26(14)24-13/h5,7H,4,6H2,1-3H3,(H,21,27). The number of alkyl halides is 3. The van der Waals surface area contributed by atoms with E-state index in [1.54, 1.807) is 10.9 Å². The van der Waals surface area contributed by atoms with E-state index in [0.29, 0.717) is 11.1 Å². The molecule has 27 heavy (non-hydrogen) atoms. The first-order chi connectivity index (χ1) is 12.6. The van der Waals surface area contributed by atoms with Gasteiger partial charge in [0.15, 0.2) is 11.3 Å². The molecule has 3 rings (SSSR count). The van der Waals surface area contributed by atoms with E-state index < -0.39 is 17.8 Å². The molecule has 0 aliphatic rings. The number of aromatic nitrogens is 5. The minimum atomic E-state index is -4.63. The quantitative estimate of drug-likeness (QED) is 0.669. The van der Waals surface area contributed by atoms with Crippen LogP contribution in [0.3, 0.4) is 0 Å². The number of aryl methyl sites for hydroxylation is 2. The number of carbonyl (C=O) groups is 1. The van der Waals surface area contributed by atoms with Crippen LogP contribution in [0.4, 0.5) is 13.2 Å². The molecule has 0 aliphatic carbocycles. The number of fused-ring (bicyclic) bond motifs is 1. The molecule has 3 aromatic heterocycles. The van der Waals surface area contributed by atoms with E-state index >= 15 is 0 Å². The van der Waals surface area contributed by atoms with E-state index in [0.717, 1.165) is 17.3 Å². The molecule has 3 heterocycles. The first-order valence-corrected chi connectivity index (χ1v) is 8.85. The van der Waals surface area contributed by atoms with Gasteiger partial charge in [0.2, 0.25) is 0 Å². The molecule has 0 saturated heterocycles. The second kappa shape index (κ2) is 6.95. The van der Waals surface area contributed by atoms with Gasteiger partial charge in [-0.2, -0.15) is 23.4 Å². The number of hydrogen-bond donors (Lipinski definition) is 1. The Balaban J connectivity index is 1.93. The summed E-state index contributed by atoms with van der Waals surface area (Å²) < 4.78 is 42.3. The van der Waals surface area contributed by atoms with Gasteiger partial charge in [-0.1, -0.05) is 0 Å². The average molecular weight is 445 g/mol. The molecule has 0 radical (unpaired) electrons. The van der Waals surface area contributed by atoms with Crippen molar-refractivity contribution < 1.29 is 18.0 Å². The van der Waals surface area contributed by atoms with Crippen LogP contribution in [-0.2, 0) is 19.3 Å². The van der Waals surface area contributed by atoms with Gasteiger partial charge in [0.25, 0.3) is 5.91 Å². The summed E-state index contributed by atoms with van der Waals surface area (Å²) in [5.41, 5.74) is 0.662. The van der Waals surface area contributed by atoms with Crippen molar-refractivity contribution in [2.24, 2.45) is 0 Å². The van der Waals surface area contributed by atoms with Crippen LogP contribution < -0.4 is 5.32 Å². The normalized spacial score (nSPS) is 12.0. The Morgan fingerprint density at radius 3 is 2.63 bits per heavy atom. The van der Waals surface area contributed by atoms with Crippen molar-refractivity contribution in [1.82, 2.24) is 29.7 Å². The molecule has 3 aromatic rings. The maximum Gasteiger partial charge on any atom is 0.433 e. The molecule has 0 fully saturated rings. The van der Waals surface area contributed by atoms with E-state index in [1.807, 2.05) is 13.8 Å². The Labute approximate surface area is 160 Å². The lowest BCUT2D eigenvalue weighted by Gasteiger charge is -2.09.